The predicted molar refractivity (Wildman–Crippen MR) is 79.0 cm³/mol. The number of ether oxygens (including phenoxy) is 1. The van der Waals surface area contributed by atoms with Gasteiger partial charge in [-0.2, -0.15) is 5.26 Å². The molecule has 3 N–H and O–H groups in total. The van der Waals surface area contributed by atoms with Crippen molar-refractivity contribution in [3.8, 4) is 17.6 Å². The van der Waals surface area contributed by atoms with Gasteiger partial charge in [0.15, 0.2) is 5.75 Å². The lowest BCUT2D eigenvalue weighted by Crippen LogP contribution is -2.19. The molecule has 1 amide bonds. The van der Waals surface area contributed by atoms with Crippen LogP contribution in [-0.4, -0.2) is 5.91 Å². The van der Waals surface area contributed by atoms with Crippen LogP contribution in [0.1, 0.15) is 17.5 Å². The third-order valence-corrected chi connectivity index (χ3v) is 3.32. The van der Waals surface area contributed by atoms with Crippen molar-refractivity contribution in [2.45, 2.75) is 12.8 Å². The SMILES string of the molecule is N#Cc1cccc(Oc2cc3c(cc2N)CCC(=O)N3)c1. The van der Waals surface area contributed by atoms with Gasteiger partial charge in [-0.1, -0.05) is 6.07 Å². The maximum absolute atomic E-state index is 11.4. The van der Waals surface area contributed by atoms with Gasteiger partial charge in [0.1, 0.15) is 5.75 Å². The summed E-state index contributed by atoms with van der Waals surface area (Å²) in [4.78, 5) is 11.4. The van der Waals surface area contributed by atoms with Crippen LogP contribution in [0.2, 0.25) is 0 Å². The van der Waals surface area contributed by atoms with Crippen LogP contribution in [-0.2, 0) is 11.2 Å². The summed E-state index contributed by atoms with van der Waals surface area (Å²) >= 11 is 0. The molecule has 0 unspecified atom stereocenters. The van der Waals surface area contributed by atoms with E-state index in [1.807, 2.05) is 6.07 Å². The number of aryl methyl sites for hydroxylation is 1. The van der Waals surface area contributed by atoms with Gasteiger partial charge in [0.05, 0.1) is 17.3 Å². The van der Waals surface area contributed by atoms with Crippen LogP contribution in [0.15, 0.2) is 36.4 Å². The molecule has 2 aromatic carbocycles. The van der Waals surface area contributed by atoms with Crippen molar-refractivity contribution in [2.75, 3.05) is 11.1 Å². The molecule has 0 bridgehead atoms. The highest BCUT2D eigenvalue weighted by Crippen LogP contribution is 2.35. The third kappa shape index (κ3) is 2.65. The zero-order valence-corrected chi connectivity index (χ0v) is 11.2. The first-order valence-corrected chi connectivity index (χ1v) is 6.56. The van der Waals surface area contributed by atoms with Crippen LogP contribution < -0.4 is 15.8 Å². The second-order valence-corrected chi connectivity index (χ2v) is 4.84. The summed E-state index contributed by atoms with van der Waals surface area (Å²) in [5.41, 5.74) is 8.75. The number of rotatable bonds is 2. The fourth-order valence-corrected chi connectivity index (χ4v) is 2.27. The third-order valence-electron chi connectivity index (χ3n) is 3.32. The molecule has 0 aliphatic carbocycles. The number of nitrogen functional groups attached to an aromatic ring is 1. The molecule has 1 aliphatic heterocycles. The number of hydrogen-bond acceptors (Lipinski definition) is 4. The smallest absolute Gasteiger partial charge is 0.224 e. The molecule has 1 heterocycles. The number of nitrogens with one attached hydrogen (secondary N) is 1. The van der Waals surface area contributed by atoms with Gasteiger partial charge in [0.2, 0.25) is 5.91 Å². The summed E-state index contributed by atoms with van der Waals surface area (Å²) in [6, 6.07) is 12.4. The summed E-state index contributed by atoms with van der Waals surface area (Å²) in [6.45, 7) is 0. The minimum atomic E-state index is -0.00954. The number of amides is 1. The number of anilines is 2. The Kier molecular flexibility index (Phi) is 3.20. The zero-order chi connectivity index (χ0) is 14.8. The van der Waals surface area contributed by atoms with Crippen molar-refractivity contribution in [3.05, 3.63) is 47.5 Å². The Hall–Kier alpha value is -3.00. The molecule has 0 spiro atoms. The highest BCUT2D eigenvalue weighted by atomic mass is 16.5. The van der Waals surface area contributed by atoms with Crippen LogP contribution in [0.5, 0.6) is 11.5 Å². The Labute approximate surface area is 121 Å². The van der Waals surface area contributed by atoms with E-state index in [-0.39, 0.29) is 5.91 Å². The summed E-state index contributed by atoms with van der Waals surface area (Å²) < 4.78 is 5.73. The summed E-state index contributed by atoms with van der Waals surface area (Å²) in [5, 5.41) is 11.7. The molecule has 0 saturated carbocycles. The fourth-order valence-electron chi connectivity index (χ4n) is 2.27. The lowest BCUT2D eigenvalue weighted by Gasteiger charge is -2.19. The number of carbonyl (C=O) groups is 1. The lowest BCUT2D eigenvalue weighted by molar-refractivity contribution is -0.116. The number of nitrogens with two attached hydrogens (primary N) is 1. The highest BCUT2D eigenvalue weighted by Gasteiger charge is 2.17. The van der Waals surface area contributed by atoms with Crippen molar-refractivity contribution in [2.24, 2.45) is 0 Å². The van der Waals surface area contributed by atoms with E-state index in [1.165, 1.54) is 0 Å². The molecule has 21 heavy (non-hydrogen) atoms. The van der Waals surface area contributed by atoms with Gasteiger partial charge in [-0.05, 0) is 36.2 Å². The molecule has 0 atom stereocenters. The Morgan fingerprint density at radius 2 is 2.10 bits per heavy atom. The molecule has 5 nitrogen and oxygen atoms in total. The van der Waals surface area contributed by atoms with Gasteiger partial charge in [-0.3, -0.25) is 4.79 Å². The monoisotopic (exact) mass is 279 g/mol. The maximum Gasteiger partial charge on any atom is 0.224 e. The van der Waals surface area contributed by atoms with E-state index in [4.69, 9.17) is 15.7 Å². The van der Waals surface area contributed by atoms with Crippen LogP contribution in [0, 0.1) is 11.3 Å². The number of hydrogen-bond donors (Lipinski definition) is 2. The highest BCUT2D eigenvalue weighted by molar-refractivity contribution is 5.94. The van der Waals surface area contributed by atoms with E-state index in [0.717, 1.165) is 11.3 Å². The van der Waals surface area contributed by atoms with Gasteiger partial charge >= 0.3 is 0 Å². The van der Waals surface area contributed by atoms with Gasteiger partial charge in [-0.25, -0.2) is 0 Å². The van der Waals surface area contributed by atoms with Crippen LogP contribution in [0.3, 0.4) is 0 Å². The molecule has 0 fully saturated rings. The van der Waals surface area contributed by atoms with E-state index in [2.05, 4.69) is 11.4 Å². The first kappa shape index (κ1) is 13.0. The minimum Gasteiger partial charge on any atom is -0.455 e. The van der Waals surface area contributed by atoms with Gasteiger partial charge in [-0.15, -0.1) is 0 Å². The molecule has 0 radical (unpaired) electrons. The summed E-state index contributed by atoms with van der Waals surface area (Å²) in [5.74, 6) is 0.985. The fraction of sp³-hybridized carbons (Fsp3) is 0.125. The molecule has 0 saturated heterocycles. The number of benzene rings is 2. The first-order chi connectivity index (χ1) is 10.2. The molecule has 0 aromatic heterocycles. The van der Waals surface area contributed by atoms with Crippen molar-refractivity contribution >= 4 is 17.3 Å². The van der Waals surface area contributed by atoms with E-state index < -0.39 is 0 Å². The molecule has 3 rings (SSSR count). The first-order valence-electron chi connectivity index (χ1n) is 6.56. The number of nitrogens with zero attached hydrogens (tertiary/aromatic N) is 1. The topological polar surface area (TPSA) is 88.1 Å². The van der Waals surface area contributed by atoms with Crippen molar-refractivity contribution in [1.29, 1.82) is 5.26 Å². The van der Waals surface area contributed by atoms with Gasteiger partial charge < -0.3 is 15.8 Å². The second kappa shape index (κ2) is 5.17. The Morgan fingerprint density at radius 1 is 1.24 bits per heavy atom. The van der Waals surface area contributed by atoms with Gasteiger partial charge in [0, 0.05) is 18.2 Å². The Morgan fingerprint density at radius 3 is 2.90 bits per heavy atom. The molecular formula is C16H13N3O2. The van der Waals surface area contributed by atoms with E-state index in [9.17, 15) is 4.79 Å². The quantitative estimate of drug-likeness (QED) is 0.827. The number of fused-ring (bicyclic) bond motifs is 1. The predicted octanol–water partition coefficient (Wildman–Crippen LogP) is 2.82. The normalized spacial score (nSPS) is 13.0. The standard InChI is InChI=1S/C16H13N3O2/c17-9-10-2-1-3-12(6-10)21-15-8-14-11(7-13(15)18)4-5-16(20)19-14/h1-3,6-8H,4-5,18H2,(H,19,20). The minimum absolute atomic E-state index is 0.00954. The van der Waals surface area contributed by atoms with E-state index in [0.29, 0.717) is 35.6 Å². The van der Waals surface area contributed by atoms with Crippen molar-refractivity contribution in [1.82, 2.24) is 0 Å². The number of carbonyl (C=O) groups excluding carboxylic acids is 1. The number of nitriles is 1. The van der Waals surface area contributed by atoms with Crippen molar-refractivity contribution < 1.29 is 9.53 Å². The van der Waals surface area contributed by atoms with Crippen molar-refractivity contribution in [3.63, 3.8) is 0 Å². The average molecular weight is 279 g/mol. The summed E-state index contributed by atoms with van der Waals surface area (Å²) in [6.07, 6.45) is 1.15. The van der Waals surface area contributed by atoms with Crippen LogP contribution >= 0.6 is 0 Å². The lowest BCUT2D eigenvalue weighted by atomic mass is 10.0. The molecule has 104 valence electrons. The van der Waals surface area contributed by atoms with Gasteiger partial charge in [0.25, 0.3) is 0 Å². The summed E-state index contributed by atoms with van der Waals surface area (Å²) in [7, 11) is 0. The zero-order valence-electron chi connectivity index (χ0n) is 11.2. The van der Waals surface area contributed by atoms with Crippen LogP contribution in [0.25, 0.3) is 0 Å². The Bertz CT molecular complexity index is 763. The largest absolute Gasteiger partial charge is 0.455 e. The van der Waals surface area contributed by atoms with Crippen LogP contribution in [0.4, 0.5) is 11.4 Å². The Balaban J connectivity index is 1.93. The van der Waals surface area contributed by atoms with E-state index in [1.54, 1.807) is 30.3 Å². The van der Waals surface area contributed by atoms with E-state index >= 15 is 0 Å². The second-order valence-electron chi connectivity index (χ2n) is 4.84. The molecule has 2 aromatic rings. The molecule has 5 heteroatoms. The molecule has 1 aliphatic rings. The molecular weight excluding hydrogens is 266 g/mol. The maximum atomic E-state index is 11.4. The average Bonchev–Trinajstić information content (AvgIpc) is 2.49.